The highest BCUT2D eigenvalue weighted by Gasteiger charge is 2.13. The zero-order valence-corrected chi connectivity index (χ0v) is 10.6. The van der Waals surface area contributed by atoms with E-state index in [4.69, 9.17) is 5.26 Å². The molecular weight excluding hydrogens is 265 g/mol. The van der Waals surface area contributed by atoms with Crippen LogP contribution >= 0.6 is 0 Å². The minimum Gasteiger partial charge on any atom is -0.450 e. The molecular formula is C13H12FN3O3. The van der Waals surface area contributed by atoms with Gasteiger partial charge in [0.25, 0.3) is 5.91 Å². The van der Waals surface area contributed by atoms with Crippen molar-refractivity contribution in [1.82, 2.24) is 5.32 Å². The molecule has 1 aromatic carbocycles. The van der Waals surface area contributed by atoms with Gasteiger partial charge in [-0.2, -0.15) is 5.26 Å². The van der Waals surface area contributed by atoms with Crippen molar-refractivity contribution < 1.29 is 18.7 Å². The normalized spacial score (nSPS) is 10.3. The molecule has 1 rings (SSSR count). The SMILES string of the molecule is CCOC(=O)NC(=O)/C(C#N)=C/Nc1cccc(F)c1. The van der Waals surface area contributed by atoms with E-state index >= 15 is 0 Å². The van der Waals surface area contributed by atoms with Gasteiger partial charge in [0.05, 0.1) is 6.61 Å². The first-order valence-corrected chi connectivity index (χ1v) is 5.67. The van der Waals surface area contributed by atoms with Crippen molar-refractivity contribution in [3.63, 3.8) is 0 Å². The smallest absolute Gasteiger partial charge is 0.414 e. The molecule has 0 bridgehead atoms. The second kappa shape index (κ2) is 7.53. The van der Waals surface area contributed by atoms with Crippen LogP contribution in [0.1, 0.15) is 6.92 Å². The van der Waals surface area contributed by atoms with Gasteiger partial charge in [-0.15, -0.1) is 0 Å². The number of benzene rings is 1. The first kappa shape index (κ1) is 15.2. The number of alkyl carbamates (subject to hydrolysis) is 1. The number of carbonyl (C=O) groups excluding carboxylic acids is 2. The fraction of sp³-hybridized carbons (Fsp3) is 0.154. The molecule has 0 saturated carbocycles. The Bertz CT molecular complexity index is 578. The fourth-order valence-corrected chi connectivity index (χ4v) is 1.21. The Labute approximate surface area is 114 Å². The Hall–Kier alpha value is -2.88. The third-order valence-corrected chi connectivity index (χ3v) is 2.06. The second-order valence-electron chi connectivity index (χ2n) is 3.50. The number of carbonyl (C=O) groups is 2. The predicted octanol–water partition coefficient (Wildman–Crippen LogP) is 1.92. The van der Waals surface area contributed by atoms with Gasteiger partial charge in [0.1, 0.15) is 17.5 Å². The van der Waals surface area contributed by atoms with E-state index in [0.29, 0.717) is 5.69 Å². The van der Waals surface area contributed by atoms with Crippen LogP contribution in [-0.2, 0) is 9.53 Å². The van der Waals surface area contributed by atoms with Crippen LogP contribution in [0.5, 0.6) is 0 Å². The van der Waals surface area contributed by atoms with E-state index in [9.17, 15) is 14.0 Å². The maximum absolute atomic E-state index is 12.9. The van der Waals surface area contributed by atoms with Crippen molar-refractivity contribution >= 4 is 17.7 Å². The minimum absolute atomic E-state index is 0.103. The zero-order valence-electron chi connectivity index (χ0n) is 10.6. The number of ether oxygens (including phenoxy) is 1. The number of anilines is 1. The van der Waals surface area contributed by atoms with Crippen molar-refractivity contribution in [2.75, 3.05) is 11.9 Å². The second-order valence-corrected chi connectivity index (χ2v) is 3.50. The van der Waals surface area contributed by atoms with Gasteiger partial charge >= 0.3 is 6.09 Å². The van der Waals surface area contributed by atoms with E-state index in [-0.39, 0.29) is 12.2 Å². The largest absolute Gasteiger partial charge is 0.450 e. The number of hydrogen-bond donors (Lipinski definition) is 2. The summed E-state index contributed by atoms with van der Waals surface area (Å²) in [4.78, 5) is 22.6. The Morgan fingerprint density at radius 3 is 2.85 bits per heavy atom. The van der Waals surface area contributed by atoms with Gasteiger partial charge < -0.3 is 10.1 Å². The van der Waals surface area contributed by atoms with Crippen molar-refractivity contribution in [3.05, 3.63) is 41.9 Å². The van der Waals surface area contributed by atoms with Gasteiger partial charge in [0, 0.05) is 11.9 Å². The summed E-state index contributed by atoms with van der Waals surface area (Å²) in [6.07, 6.45) is 0.132. The van der Waals surface area contributed by atoms with Crippen LogP contribution < -0.4 is 10.6 Å². The number of amides is 2. The quantitative estimate of drug-likeness (QED) is 0.648. The van der Waals surface area contributed by atoms with E-state index in [0.717, 1.165) is 6.20 Å². The van der Waals surface area contributed by atoms with Crippen molar-refractivity contribution in [3.8, 4) is 6.07 Å². The lowest BCUT2D eigenvalue weighted by atomic mass is 10.3. The maximum Gasteiger partial charge on any atom is 0.414 e. The summed E-state index contributed by atoms with van der Waals surface area (Å²) in [5, 5.41) is 13.3. The number of rotatable bonds is 4. The molecule has 104 valence electrons. The van der Waals surface area contributed by atoms with Crippen LogP contribution in [0.25, 0.3) is 0 Å². The van der Waals surface area contributed by atoms with Crippen molar-refractivity contribution in [2.45, 2.75) is 6.92 Å². The molecule has 0 aliphatic rings. The highest BCUT2D eigenvalue weighted by Crippen LogP contribution is 2.09. The Morgan fingerprint density at radius 1 is 1.50 bits per heavy atom. The predicted molar refractivity (Wildman–Crippen MR) is 68.9 cm³/mol. The molecule has 6 nitrogen and oxygen atoms in total. The molecule has 1 aromatic rings. The third kappa shape index (κ3) is 4.78. The zero-order chi connectivity index (χ0) is 15.0. The number of nitrogens with one attached hydrogen (secondary N) is 2. The molecule has 0 aliphatic carbocycles. The first-order chi connectivity index (χ1) is 9.56. The standard InChI is InChI=1S/C13H12FN3O3/c1-2-20-13(19)17-12(18)9(7-15)8-16-11-5-3-4-10(14)6-11/h3-6,8,16H,2H2,1H3,(H,17,18,19)/b9-8+. The Kier molecular flexibility index (Phi) is 5.72. The highest BCUT2D eigenvalue weighted by molar-refractivity contribution is 6.05. The average Bonchev–Trinajstić information content (AvgIpc) is 2.39. The van der Waals surface area contributed by atoms with E-state index in [1.54, 1.807) is 19.1 Å². The number of halogens is 1. The summed E-state index contributed by atoms with van der Waals surface area (Å²) < 4.78 is 17.4. The minimum atomic E-state index is -0.940. The average molecular weight is 277 g/mol. The maximum atomic E-state index is 12.9. The van der Waals surface area contributed by atoms with E-state index < -0.39 is 17.8 Å². The number of nitrogens with zero attached hydrogens (tertiary/aromatic N) is 1. The lowest BCUT2D eigenvalue weighted by molar-refractivity contribution is -0.116. The summed E-state index contributed by atoms with van der Waals surface area (Å²) in [5.74, 6) is -1.37. The molecule has 0 aliphatic heterocycles. The lowest BCUT2D eigenvalue weighted by Crippen LogP contribution is -2.32. The summed E-state index contributed by atoms with van der Waals surface area (Å²) >= 11 is 0. The molecule has 7 heteroatoms. The van der Waals surface area contributed by atoms with Crippen molar-refractivity contribution in [1.29, 1.82) is 5.26 Å². The van der Waals surface area contributed by atoms with Gasteiger partial charge in [-0.25, -0.2) is 9.18 Å². The molecule has 0 fully saturated rings. The van der Waals surface area contributed by atoms with Gasteiger partial charge in [-0.3, -0.25) is 10.1 Å². The number of hydrogen-bond acceptors (Lipinski definition) is 5. The van der Waals surface area contributed by atoms with Gasteiger partial charge in [-0.05, 0) is 25.1 Å². The van der Waals surface area contributed by atoms with Crippen LogP contribution in [0.15, 0.2) is 36.0 Å². The molecule has 2 N–H and O–H groups in total. The fourth-order valence-electron chi connectivity index (χ4n) is 1.21. The Morgan fingerprint density at radius 2 is 2.25 bits per heavy atom. The van der Waals surface area contributed by atoms with Gasteiger partial charge in [0.15, 0.2) is 0 Å². The van der Waals surface area contributed by atoms with Crippen LogP contribution in [0.4, 0.5) is 14.9 Å². The molecule has 0 heterocycles. The third-order valence-electron chi connectivity index (χ3n) is 2.06. The van der Waals surface area contributed by atoms with Crippen molar-refractivity contribution in [2.24, 2.45) is 0 Å². The van der Waals surface area contributed by atoms with Crippen LogP contribution in [0.3, 0.4) is 0 Å². The molecule has 20 heavy (non-hydrogen) atoms. The molecule has 0 atom stereocenters. The van der Waals surface area contributed by atoms with E-state index in [1.807, 2.05) is 5.32 Å². The number of nitriles is 1. The van der Waals surface area contributed by atoms with E-state index in [1.165, 1.54) is 18.2 Å². The molecule has 0 saturated heterocycles. The molecule has 0 unspecified atom stereocenters. The first-order valence-electron chi connectivity index (χ1n) is 5.67. The molecule has 2 amide bonds. The van der Waals surface area contributed by atoms with Crippen LogP contribution in [0, 0.1) is 17.1 Å². The molecule has 0 radical (unpaired) electrons. The molecule has 0 spiro atoms. The van der Waals surface area contributed by atoms with Gasteiger partial charge in [-0.1, -0.05) is 6.07 Å². The van der Waals surface area contributed by atoms with E-state index in [2.05, 4.69) is 10.1 Å². The summed E-state index contributed by atoms with van der Waals surface area (Å²) in [7, 11) is 0. The Balaban J connectivity index is 2.70. The van der Waals surface area contributed by atoms with Crippen LogP contribution in [-0.4, -0.2) is 18.6 Å². The topological polar surface area (TPSA) is 91.2 Å². The lowest BCUT2D eigenvalue weighted by Gasteiger charge is -2.04. The summed E-state index contributed by atoms with van der Waals surface area (Å²) in [6.45, 7) is 1.68. The summed E-state index contributed by atoms with van der Waals surface area (Å²) in [6, 6.07) is 7.09. The monoisotopic (exact) mass is 277 g/mol. The van der Waals surface area contributed by atoms with Crippen LogP contribution in [0.2, 0.25) is 0 Å². The highest BCUT2D eigenvalue weighted by atomic mass is 19.1. The number of imide groups is 1. The molecule has 0 aromatic heterocycles. The summed E-state index contributed by atoms with van der Waals surface area (Å²) in [5.41, 5.74) is 0.0176. The van der Waals surface area contributed by atoms with Gasteiger partial charge in [0.2, 0.25) is 0 Å².